The van der Waals surface area contributed by atoms with Gasteiger partial charge in [0.25, 0.3) is 0 Å². The molecule has 2 amide bonds. The Morgan fingerprint density at radius 2 is 1.81 bits per heavy atom. The van der Waals surface area contributed by atoms with Crippen molar-refractivity contribution in [2.75, 3.05) is 19.0 Å². The fourth-order valence-electron chi connectivity index (χ4n) is 2.89. The lowest BCUT2D eigenvalue weighted by atomic mass is 10.1. The lowest BCUT2D eigenvalue weighted by Gasteiger charge is -2.17. The Labute approximate surface area is 186 Å². The Bertz CT molecular complexity index is 908. The molecule has 0 unspecified atom stereocenters. The Balaban J connectivity index is 1.96. The van der Waals surface area contributed by atoms with Gasteiger partial charge in [0.05, 0.1) is 19.8 Å². The summed E-state index contributed by atoms with van der Waals surface area (Å²) in [6, 6.07) is 10.2. The first-order chi connectivity index (χ1) is 15.3. The van der Waals surface area contributed by atoms with E-state index in [1.807, 2.05) is 0 Å². The van der Waals surface area contributed by atoms with E-state index in [-0.39, 0.29) is 11.4 Å². The van der Waals surface area contributed by atoms with Crippen LogP contribution in [0.25, 0.3) is 0 Å². The molecular weight excluding hydrogens is 422 g/mol. The summed E-state index contributed by atoms with van der Waals surface area (Å²) < 4.78 is 40.1. The number of benzene rings is 2. The third kappa shape index (κ3) is 7.72. The van der Waals surface area contributed by atoms with Gasteiger partial charge in [-0.2, -0.15) is 8.78 Å². The van der Waals surface area contributed by atoms with Gasteiger partial charge >= 0.3 is 18.4 Å². The van der Waals surface area contributed by atoms with Gasteiger partial charge in [-0.1, -0.05) is 31.9 Å². The van der Waals surface area contributed by atoms with Crippen LogP contribution in [-0.2, 0) is 9.59 Å². The highest BCUT2D eigenvalue weighted by Gasteiger charge is 2.19. The van der Waals surface area contributed by atoms with Gasteiger partial charge in [-0.3, -0.25) is 9.59 Å². The number of anilines is 1. The fraction of sp³-hybridized carbons (Fsp3) is 0.391. The maximum absolute atomic E-state index is 12.3. The summed E-state index contributed by atoms with van der Waals surface area (Å²) in [6.45, 7) is 1.43. The molecule has 0 fully saturated rings. The van der Waals surface area contributed by atoms with E-state index in [0.29, 0.717) is 18.1 Å². The van der Waals surface area contributed by atoms with E-state index < -0.39 is 24.5 Å². The normalized spacial score (nSPS) is 11.6. The molecule has 0 bridgehead atoms. The zero-order chi connectivity index (χ0) is 23.5. The van der Waals surface area contributed by atoms with Crippen molar-refractivity contribution in [1.29, 1.82) is 0 Å². The van der Waals surface area contributed by atoms with Crippen molar-refractivity contribution in [3.8, 4) is 17.2 Å². The number of hydrogen-bond donors (Lipinski definition) is 2. The van der Waals surface area contributed by atoms with Gasteiger partial charge in [0, 0.05) is 11.8 Å². The molecular formula is C23H28F2N2O5. The first kappa shape index (κ1) is 24.9. The maximum atomic E-state index is 12.3. The first-order valence-electron chi connectivity index (χ1n) is 10.3. The van der Waals surface area contributed by atoms with E-state index >= 15 is 0 Å². The quantitative estimate of drug-likeness (QED) is 0.384. The zero-order valence-corrected chi connectivity index (χ0v) is 18.3. The highest BCUT2D eigenvalue weighted by atomic mass is 19.3. The summed E-state index contributed by atoms with van der Waals surface area (Å²) in [4.78, 5) is 24.5. The molecule has 2 rings (SSSR count). The molecule has 0 aliphatic heterocycles. The number of nitrogens with one attached hydrogen (secondary N) is 2. The molecule has 0 aromatic heterocycles. The molecule has 0 saturated carbocycles. The molecule has 1 atom stereocenters. The molecule has 7 nitrogen and oxygen atoms in total. The predicted octanol–water partition coefficient (Wildman–Crippen LogP) is 4.68. The second-order valence-electron chi connectivity index (χ2n) is 7.02. The van der Waals surface area contributed by atoms with Crippen molar-refractivity contribution < 1.29 is 32.6 Å². The summed E-state index contributed by atoms with van der Waals surface area (Å²) >= 11 is 0. The molecule has 9 heteroatoms. The first-order valence-corrected chi connectivity index (χ1v) is 10.3. The molecule has 174 valence electrons. The zero-order valence-electron chi connectivity index (χ0n) is 18.3. The van der Waals surface area contributed by atoms with Crippen LogP contribution in [0.15, 0.2) is 42.5 Å². The maximum Gasteiger partial charge on any atom is 0.387 e. The lowest BCUT2D eigenvalue weighted by Crippen LogP contribution is -2.36. The van der Waals surface area contributed by atoms with E-state index in [1.54, 1.807) is 25.1 Å². The van der Waals surface area contributed by atoms with E-state index in [9.17, 15) is 18.4 Å². The van der Waals surface area contributed by atoms with Crippen LogP contribution in [0.4, 0.5) is 14.5 Å². The number of methoxy groups -OCH3 is 1. The molecule has 32 heavy (non-hydrogen) atoms. The molecule has 0 aliphatic carbocycles. The van der Waals surface area contributed by atoms with Crippen molar-refractivity contribution in [3.05, 3.63) is 48.0 Å². The van der Waals surface area contributed by atoms with Gasteiger partial charge in [-0.05, 0) is 43.2 Å². The van der Waals surface area contributed by atoms with Gasteiger partial charge in [0.1, 0.15) is 5.75 Å². The van der Waals surface area contributed by atoms with Crippen LogP contribution in [0.3, 0.4) is 0 Å². The number of amides is 2. The van der Waals surface area contributed by atoms with Crippen LogP contribution in [-0.4, -0.2) is 32.1 Å². The number of rotatable bonds is 11. The van der Waals surface area contributed by atoms with Crippen molar-refractivity contribution >= 4 is 17.5 Å². The van der Waals surface area contributed by atoms with Crippen LogP contribution in [0.1, 0.15) is 44.7 Å². The standard InChI is InChI=1S/C23H28F2N2O5/c1-4-5-6-12-31-19-11-10-16(13-20(19)30-3)15(2)26-21(28)22(29)27-17-8-7-9-18(14-17)32-23(24)25/h7-11,13-15,23H,4-6,12H2,1-3H3,(H,26,28)(H,27,29)/t15-/m1/s1. The van der Waals surface area contributed by atoms with Crippen molar-refractivity contribution in [2.24, 2.45) is 0 Å². The van der Waals surface area contributed by atoms with Crippen LogP contribution in [0, 0.1) is 0 Å². The van der Waals surface area contributed by atoms with Crippen molar-refractivity contribution in [2.45, 2.75) is 45.8 Å². The average Bonchev–Trinajstić information content (AvgIpc) is 2.76. The minimum absolute atomic E-state index is 0.129. The van der Waals surface area contributed by atoms with E-state index in [0.717, 1.165) is 24.8 Å². The number of alkyl halides is 2. The van der Waals surface area contributed by atoms with Gasteiger partial charge in [-0.15, -0.1) is 0 Å². The molecule has 0 radical (unpaired) electrons. The minimum Gasteiger partial charge on any atom is -0.493 e. The second kappa shape index (κ2) is 12.5. The average molecular weight is 450 g/mol. The fourth-order valence-corrected chi connectivity index (χ4v) is 2.89. The van der Waals surface area contributed by atoms with Crippen molar-refractivity contribution in [1.82, 2.24) is 5.32 Å². The van der Waals surface area contributed by atoms with Crippen LogP contribution < -0.4 is 24.8 Å². The summed E-state index contributed by atoms with van der Waals surface area (Å²) in [7, 11) is 1.53. The highest BCUT2D eigenvalue weighted by molar-refractivity contribution is 6.39. The minimum atomic E-state index is -2.99. The van der Waals surface area contributed by atoms with E-state index in [1.165, 1.54) is 31.4 Å². The third-order valence-electron chi connectivity index (χ3n) is 4.56. The van der Waals surface area contributed by atoms with Gasteiger partial charge < -0.3 is 24.8 Å². The molecule has 0 saturated heterocycles. The molecule has 0 spiro atoms. The Morgan fingerprint density at radius 1 is 1.03 bits per heavy atom. The summed E-state index contributed by atoms with van der Waals surface area (Å²) in [5.41, 5.74) is 0.874. The number of carbonyl (C=O) groups is 2. The molecule has 2 N–H and O–H groups in total. The van der Waals surface area contributed by atoms with E-state index in [2.05, 4.69) is 22.3 Å². The lowest BCUT2D eigenvalue weighted by molar-refractivity contribution is -0.136. The van der Waals surface area contributed by atoms with E-state index in [4.69, 9.17) is 9.47 Å². The third-order valence-corrected chi connectivity index (χ3v) is 4.56. The predicted molar refractivity (Wildman–Crippen MR) is 116 cm³/mol. The monoisotopic (exact) mass is 450 g/mol. The van der Waals surface area contributed by atoms with Crippen molar-refractivity contribution in [3.63, 3.8) is 0 Å². The van der Waals surface area contributed by atoms with Gasteiger partial charge in [-0.25, -0.2) is 0 Å². The smallest absolute Gasteiger partial charge is 0.387 e. The molecule has 0 aliphatic rings. The van der Waals surface area contributed by atoms with Gasteiger partial charge in [0.15, 0.2) is 11.5 Å². The molecule has 2 aromatic carbocycles. The topological polar surface area (TPSA) is 85.9 Å². The molecule has 0 heterocycles. The van der Waals surface area contributed by atoms with Gasteiger partial charge in [0.2, 0.25) is 0 Å². The number of hydrogen-bond acceptors (Lipinski definition) is 5. The SMILES string of the molecule is CCCCCOc1ccc([C@@H](C)NC(=O)C(=O)Nc2cccc(OC(F)F)c2)cc1OC. The summed E-state index contributed by atoms with van der Waals surface area (Å²) in [5, 5.41) is 4.95. The molecule has 2 aromatic rings. The summed E-state index contributed by atoms with van der Waals surface area (Å²) in [6.07, 6.45) is 3.12. The summed E-state index contributed by atoms with van der Waals surface area (Å²) in [5.74, 6) is -0.809. The Morgan fingerprint density at radius 3 is 2.50 bits per heavy atom. The number of halogens is 2. The van der Waals surface area contributed by atoms with Crippen LogP contribution in [0.5, 0.6) is 17.2 Å². The van der Waals surface area contributed by atoms with Crippen LogP contribution in [0.2, 0.25) is 0 Å². The Hall–Kier alpha value is -3.36. The Kier molecular flexibility index (Phi) is 9.72. The largest absolute Gasteiger partial charge is 0.493 e. The number of carbonyl (C=O) groups excluding carboxylic acids is 2. The number of unbranched alkanes of at least 4 members (excludes halogenated alkanes) is 2. The van der Waals surface area contributed by atoms with Crippen LogP contribution >= 0.6 is 0 Å². The highest BCUT2D eigenvalue weighted by Crippen LogP contribution is 2.30. The second-order valence-corrected chi connectivity index (χ2v) is 7.02. The number of ether oxygens (including phenoxy) is 3.